The number of carboxylic acids is 1. The van der Waals surface area contributed by atoms with Gasteiger partial charge in [-0.25, -0.2) is 9.31 Å². The molecule has 9 nitrogen and oxygen atoms in total. The maximum atomic E-state index is 10.6. The topological polar surface area (TPSA) is 113 Å². The first-order valence-electron chi connectivity index (χ1n) is 10.9. The third kappa shape index (κ3) is 5.74. The lowest BCUT2D eigenvalue weighted by Gasteiger charge is -2.08. The van der Waals surface area contributed by atoms with Gasteiger partial charge >= 0.3 is 12.1 Å². The van der Waals surface area contributed by atoms with Crippen LogP contribution in [0.15, 0.2) is 73.3 Å². The number of methoxy groups -OCH3 is 1. The van der Waals surface area contributed by atoms with Crippen molar-refractivity contribution < 1.29 is 27.8 Å². The van der Waals surface area contributed by atoms with E-state index in [1.807, 2.05) is 76.4 Å². The Hall–Kier alpha value is -4.74. The van der Waals surface area contributed by atoms with Crippen molar-refractivity contribution in [3.63, 3.8) is 0 Å². The molecule has 0 saturated carbocycles. The molecule has 37 heavy (non-hydrogen) atoms. The van der Waals surface area contributed by atoms with Crippen LogP contribution in [0.1, 0.15) is 11.1 Å². The fourth-order valence-electron chi connectivity index (χ4n) is 3.61. The summed E-state index contributed by atoms with van der Waals surface area (Å²) in [5.74, 6) is -1.91. The number of carboxylic acid groups (broad SMARTS) is 1. The van der Waals surface area contributed by atoms with E-state index in [1.54, 1.807) is 7.11 Å². The van der Waals surface area contributed by atoms with Gasteiger partial charge in [-0.05, 0) is 42.3 Å². The first-order chi connectivity index (χ1) is 17.5. The molecule has 0 amide bonds. The number of nitrogens with two attached hydrogens (primary N) is 1. The lowest BCUT2D eigenvalue weighted by Crippen LogP contribution is -2.21. The van der Waals surface area contributed by atoms with Gasteiger partial charge in [-0.15, -0.1) is 0 Å². The molecule has 5 rings (SSSR count). The molecule has 0 bridgehead atoms. The average Bonchev–Trinajstić information content (AvgIpc) is 3.57. The molecule has 2 aromatic carbocycles. The Kier molecular flexibility index (Phi) is 6.92. The minimum Gasteiger partial charge on any atom is -0.497 e. The number of hydrogen-bond acceptors (Lipinski definition) is 5. The zero-order chi connectivity index (χ0) is 26.7. The number of ether oxygens (including phenoxy) is 1. The lowest BCUT2D eigenvalue weighted by molar-refractivity contribution is -0.192. The SMILES string of the molecule is COc1ccc(Cn2cc(-c3cc4n(-c5cc(N)ccc5C)ccn4n3)cn2)cc1.O=C(O)C(F)(F)F. The van der Waals surface area contributed by atoms with Gasteiger partial charge in [-0.1, -0.05) is 18.2 Å². The molecule has 0 fully saturated rings. The number of carbonyl (C=O) groups is 1. The van der Waals surface area contributed by atoms with Crippen LogP contribution in [0.2, 0.25) is 0 Å². The molecule has 0 spiro atoms. The van der Waals surface area contributed by atoms with Crippen molar-refractivity contribution in [2.75, 3.05) is 12.8 Å². The molecular formula is C25H23F3N6O3. The standard InChI is InChI=1S/C23H22N6O.C2HF3O2/c1-16-3-6-19(24)11-22(16)28-9-10-29-23(28)12-21(26-29)18-13-25-27(15-18)14-17-4-7-20(30-2)8-5-17;3-2(4,5)1(6)7/h3-13,15H,14,24H2,1-2H3;(H,6,7). The van der Waals surface area contributed by atoms with Crippen LogP contribution in [0.25, 0.3) is 22.6 Å². The van der Waals surface area contributed by atoms with Gasteiger partial charge in [0.25, 0.3) is 0 Å². The van der Waals surface area contributed by atoms with E-state index in [1.165, 1.54) is 0 Å². The van der Waals surface area contributed by atoms with E-state index in [0.29, 0.717) is 6.54 Å². The average molecular weight is 512 g/mol. The Morgan fingerprint density at radius 3 is 2.46 bits per heavy atom. The molecule has 12 heteroatoms. The molecule has 0 aliphatic carbocycles. The summed E-state index contributed by atoms with van der Waals surface area (Å²) in [6, 6.07) is 16.0. The van der Waals surface area contributed by atoms with E-state index in [2.05, 4.69) is 22.7 Å². The fraction of sp³-hybridized carbons (Fsp3) is 0.160. The molecule has 0 aliphatic rings. The van der Waals surface area contributed by atoms with E-state index in [-0.39, 0.29) is 0 Å². The summed E-state index contributed by atoms with van der Waals surface area (Å²) in [7, 11) is 1.67. The van der Waals surface area contributed by atoms with Crippen LogP contribution in [-0.2, 0) is 11.3 Å². The highest BCUT2D eigenvalue weighted by Crippen LogP contribution is 2.25. The fourth-order valence-corrected chi connectivity index (χ4v) is 3.61. The minimum atomic E-state index is -5.08. The number of nitrogen functional groups attached to an aromatic ring is 1. The van der Waals surface area contributed by atoms with Crippen LogP contribution in [0.3, 0.4) is 0 Å². The zero-order valence-corrected chi connectivity index (χ0v) is 19.8. The quantitative estimate of drug-likeness (QED) is 0.334. The van der Waals surface area contributed by atoms with E-state index >= 15 is 0 Å². The molecule has 3 aromatic heterocycles. The van der Waals surface area contributed by atoms with Gasteiger partial charge in [0.1, 0.15) is 11.4 Å². The number of rotatable bonds is 5. The van der Waals surface area contributed by atoms with Crippen LogP contribution < -0.4 is 10.5 Å². The van der Waals surface area contributed by atoms with Crippen molar-refractivity contribution in [1.82, 2.24) is 24.0 Å². The molecule has 0 unspecified atom stereocenters. The highest BCUT2D eigenvalue weighted by molar-refractivity contribution is 5.73. The zero-order valence-electron chi connectivity index (χ0n) is 19.8. The maximum absolute atomic E-state index is 10.6. The largest absolute Gasteiger partial charge is 0.497 e. The minimum absolute atomic E-state index is 0.687. The third-order valence-corrected chi connectivity index (χ3v) is 5.49. The number of alkyl halides is 3. The number of halogens is 3. The molecule has 0 atom stereocenters. The molecular weight excluding hydrogens is 489 g/mol. The number of fused-ring (bicyclic) bond motifs is 1. The summed E-state index contributed by atoms with van der Waals surface area (Å²) >= 11 is 0. The monoisotopic (exact) mass is 512 g/mol. The summed E-state index contributed by atoms with van der Waals surface area (Å²) in [5.41, 5.74) is 12.9. The van der Waals surface area contributed by atoms with Gasteiger partial charge in [0.05, 0.1) is 31.2 Å². The van der Waals surface area contributed by atoms with Crippen LogP contribution >= 0.6 is 0 Å². The molecule has 3 heterocycles. The Labute approximate surface area is 209 Å². The van der Waals surface area contributed by atoms with Gasteiger partial charge in [-0.2, -0.15) is 23.4 Å². The summed E-state index contributed by atoms with van der Waals surface area (Å²) in [5, 5.41) is 16.3. The van der Waals surface area contributed by atoms with E-state index in [9.17, 15) is 13.2 Å². The van der Waals surface area contributed by atoms with Crippen molar-refractivity contribution >= 4 is 17.3 Å². The van der Waals surface area contributed by atoms with E-state index < -0.39 is 12.1 Å². The van der Waals surface area contributed by atoms with Gasteiger partial charge in [0.15, 0.2) is 0 Å². The predicted octanol–water partition coefficient (Wildman–Crippen LogP) is 4.57. The van der Waals surface area contributed by atoms with E-state index in [4.69, 9.17) is 25.5 Å². The lowest BCUT2D eigenvalue weighted by atomic mass is 10.2. The molecule has 5 aromatic rings. The second-order valence-electron chi connectivity index (χ2n) is 8.12. The number of aromatic nitrogens is 5. The third-order valence-electron chi connectivity index (χ3n) is 5.49. The number of imidazole rings is 1. The summed E-state index contributed by atoms with van der Waals surface area (Å²) in [4.78, 5) is 8.90. The molecule has 0 radical (unpaired) electrons. The first-order valence-corrected chi connectivity index (χ1v) is 10.9. The van der Waals surface area contributed by atoms with Gasteiger partial charge in [0.2, 0.25) is 0 Å². The molecule has 3 N–H and O–H groups in total. The summed E-state index contributed by atoms with van der Waals surface area (Å²) < 4.78 is 42.8. The van der Waals surface area contributed by atoms with Crippen LogP contribution in [0, 0.1) is 6.92 Å². The van der Waals surface area contributed by atoms with Gasteiger partial charge in [0, 0.05) is 35.9 Å². The van der Waals surface area contributed by atoms with Crippen molar-refractivity contribution in [2.24, 2.45) is 0 Å². The molecule has 0 aliphatic heterocycles. The first kappa shape index (κ1) is 25.4. The second-order valence-corrected chi connectivity index (χ2v) is 8.12. The number of aliphatic carboxylic acids is 1. The van der Waals surface area contributed by atoms with Crippen LogP contribution in [-0.4, -0.2) is 48.3 Å². The predicted molar refractivity (Wildman–Crippen MR) is 131 cm³/mol. The number of nitrogens with zero attached hydrogens (tertiary/aromatic N) is 5. The van der Waals surface area contributed by atoms with Crippen LogP contribution in [0.5, 0.6) is 5.75 Å². The van der Waals surface area contributed by atoms with Crippen molar-refractivity contribution in [2.45, 2.75) is 19.6 Å². The van der Waals surface area contributed by atoms with Crippen molar-refractivity contribution in [1.29, 1.82) is 0 Å². The Bertz CT molecular complexity index is 1530. The second kappa shape index (κ2) is 10.1. The number of hydrogen-bond donors (Lipinski definition) is 2. The number of benzene rings is 2. The van der Waals surface area contributed by atoms with Crippen LogP contribution in [0.4, 0.5) is 18.9 Å². The maximum Gasteiger partial charge on any atom is 0.490 e. The Morgan fingerprint density at radius 2 is 1.81 bits per heavy atom. The normalized spacial score (nSPS) is 11.3. The summed E-state index contributed by atoms with van der Waals surface area (Å²) in [6.07, 6.45) is 2.73. The number of aryl methyl sites for hydroxylation is 1. The van der Waals surface area contributed by atoms with Crippen molar-refractivity contribution in [3.05, 3.63) is 84.4 Å². The molecule has 0 saturated heterocycles. The Morgan fingerprint density at radius 1 is 1.11 bits per heavy atom. The number of anilines is 1. The smallest absolute Gasteiger partial charge is 0.490 e. The van der Waals surface area contributed by atoms with E-state index in [0.717, 1.165) is 45.2 Å². The summed E-state index contributed by atoms with van der Waals surface area (Å²) in [6.45, 7) is 2.76. The van der Waals surface area contributed by atoms with Gasteiger partial charge in [-0.3, -0.25) is 9.25 Å². The molecule has 192 valence electrons. The highest BCUT2D eigenvalue weighted by atomic mass is 19.4. The Balaban J connectivity index is 0.000000405. The highest BCUT2D eigenvalue weighted by Gasteiger charge is 2.38. The van der Waals surface area contributed by atoms with Crippen molar-refractivity contribution in [3.8, 4) is 22.7 Å². The van der Waals surface area contributed by atoms with Gasteiger partial charge < -0.3 is 15.6 Å².